The molecule has 0 aliphatic carbocycles. The highest BCUT2D eigenvalue weighted by Gasteiger charge is 2.45. The second-order valence-corrected chi connectivity index (χ2v) is 11.3. The zero-order valence-electron chi connectivity index (χ0n) is 22.5. The lowest BCUT2D eigenvalue weighted by Crippen LogP contribution is -2.46. The molecule has 0 aromatic heterocycles. The lowest BCUT2D eigenvalue weighted by Gasteiger charge is -2.32. The molecule has 3 aromatic carbocycles. The van der Waals surface area contributed by atoms with E-state index in [1.165, 1.54) is 0 Å². The summed E-state index contributed by atoms with van der Waals surface area (Å²) in [5.74, 6) is 19.2. The second-order valence-electron chi connectivity index (χ2n) is 10.0. The Hall–Kier alpha value is -3.25. The predicted octanol–water partition coefficient (Wildman–Crippen LogP) is 6.51. The van der Waals surface area contributed by atoms with Crippen LogP contribution in [-0.4, -0.2) is 32.0 Å². The van der Waals surface area contributed by atoms with Crippen molar-refractivity contribution >= 4 is 15.1 Å². The van der Waals surface area contributed by atoms with Crippen LogP contribution in [0.1, 0.15) is 58.2 Å². The van der Waals surface area contributed by atoms with Crippen LogP contribution < -0.4 is 0 Å². The van der Waals surface area contributed by atoms with Gasteiger partial charge in [0.1, 0.15) is 0 Å². The summed E-state index contributed by atoms with van der Waals surface area (Å²) in [6.07, 6.45) is 0. The van der Waals surface area contributed by atoms with Gasteiger partial charge in [0.2, 0.25) is 0 Å². The van der Waals surface area contributed by atoms with Gasteiger partial charge in [-0.25, -0.2) is 0 Å². The molecule has 186 valence electrons. The van der Waals surface area contributed by atoms with E-state index >= 15 is 0 Å². The minimum absolute atomic E-state index is 0.807. The summed E-state index contributed by atoms with van der Waals surface area (Å²) in [6.45, 7) is 11.5. The van der Waals surface area contributed by atoms with Crippen LogP contribution in [0, 0.1) is 35.5 Å². The van der Waals surface area contributed by atoms with Crippen LogP contribution in [0.3, 0.4) is 0 Å². The van der Waals surface area contributed by atoms with E-state index in [9.17, 15) is 0 Å². The van der Waals surface area contributed by atoms with E-state index in [-0.39, 0.29) is 0 Å². The SMILES string of the molecule is CC(C)(C#Cc1ccccc1)[O][Al]([O]C(C)(C)C#Cc1ccccc1)[O]C(C)(C)C#Cc1ccccc1. The molecule has 0 atom stereocenters. The molecule has 0 spiro atoms. The standard InChI is InChI=1S/3C11H11O.Al/c3*1-11(2,12)9-8-10-6-4-3-5-7-10;/h3*3-7H,1-2H3;/q3*-1;+3. The van der Waals surface area contributed by atoms with E-state index in [4.69, 9.17) is 11.4 Å². The smallest absolute Gasteiger partial charge is 0.440 e. The fraction of sp³-hybridized carbons (Fsp3) is 0.273. The fourth-order valence-corrected chi connectivity index (χ4v) is 4.88. The molecule has 3 rings (SSSR count). The molecule has 0 fully saturated rings. The van der Waals surface area contributed by atoms with Crippen LogP contribution in [0.4, 0.5) is 0 Å². The summed E-state index contributed by atoms with van der Waals surface area (Å²) < 4.78 is 19.3. The Morgan fingerprint density at radius 3 is 0.919 bits per heavy atom. The highest BCUT2D eigenvalue weighted by atomic mass is 27.3. The maximum Gasteiger partial charge on any atom is 0.908 e. The average Bonchev–Trinajstić information content (AvgIpc) is 2.86. The van der Waals surface area contributed by atoms with Crippen molar-refractivity contribution < 1.29 is 11.4 Å². The summed E-state index contributed by atoms with van der Waals surface area (Å²) >= 11 is -2.79. The van der Waals surface area contributed by atoms with Gasteiger partial charge in [0.25, 0.3) is 0 Å². The number of rotatable bonds is 6. The lowest BCUT2D eigenvalue weighted by molar-refractivity contribution is -0.0204. The van der Waals surface area contributed by atoms with Crippen molar-refractivity contribution in [3.8, 4) is 35.5 Å². The highest BCUT2D eigenvalue weighted by molar-refractivity contribution is 6.37. The third kappa shape index (κ3) is 10.7. The highest BCUT2D eigenvalue weighted by Crippen LogP contribution is 2.21. The average molecular weight is 505 g/mol. The summed E-state index contributed by atoms with van der Waals surface area (Å²) in [7, 11) is 0. The van der Waals surface area contributed by atoms with Crippen LogP contribution >= 0.6 is 0 Å². The van der Waals surface area contributed by atoms with Gasteiger partial charge in [-0.2, -0.15) is 0 Å². The minimum atomic E-state index is -2.79. The van der Waals surface area contributed by atoms with E-state index in [1.54, 1.807) is 0 Å². The number of hydrogen-bond acceptors (Lipinski definition) is 3. The molecule has 0 bridgehead atoms. The Labute approximate surface area is 227 Å². The molecule has 0 heterocycles. The van der Waals surface area contributed by atoms with Gasteiger partial charge in [-0.15, -0.1) is 0 Å². The zero-order valence-corrected chi connectivity index (χ0v) is 23.6. The molecule has 0 amide bonds. The van der Waals surface area contributed by atoms with Gasteiger partial charge < -0.3 is 11.4 Å². The molecule has 0 radical (unpaired) electrons. The van der Waals surface area contributed by atoms with Crippen LogP contribution in [0.15, 0.2) is 91.0 Å². The number of benzene rings is 3. The van der Waals surface area contributed by atoms with Gasteiger partial charge in [0.15, 0.2) is 0 Å². The van der Waals surface area contributed by atoms with Crippen LogP contribution in [0.5, 0.6) is 0 Å². The first-order valence-electron chi connectivity index (χ1n) is 12.3. The van der Waals surface area contributed by atoms with Crippen molar-refractivity contribution in [1.29, 1.82) is 0 Å². The molecule has 3 nitrogen and oxygen atoms in total. The molecule has 0 N–H and O–H groups in total. The minimum Gasteiger partial charge on any atom is -0.440 e. The first kappa shape index (κ1) is 28.3. The van der Waals surface area contributed by atoms with Crippen LogP contribution in [0.2, 0.25) is 0 Å². The molecule has 0 saturated heterocycles. The van der Waals surface area contributed by atoms with E-state index in [0.29, 0.717) is 0 Å². The van der Waals surface area contributed by atoms with Gasteiger partial charge >= 0.3 is 15.1 Å². The maximum atomic E-state index is 6.42. The lowest BCUT2D eigenvalue weighted by atomic mass is 10.1. The molecule has 3 aromatic rings. The van der Waals surface area contributed by atoms with E-state index in [1.807, 2.05) is 133 Å². The Bertz CT molecular complexity index is 1160. The Morgan fingerprint density at radius 1 is 0.432 bits per heavy atom. The predicted molar refractivity (Wildman–Crippen MR) is 151 cm³/mol. The molecule has 0 saturated carbocycles. The van der Waals surface area contributed by atoms with Crippen molar-refractivity contribution in [1.82, 2.24) is 0 Å². The maximum absolute atomic E-state index is 6.42. The van der Waals surface area contributed by atoms with Crippen LogP contribution in [0.25, 0.3) is 0 Å². The quantitative estimate of drug-likeness (QED) is 0.283. The van der Waals surface area contributed by atoms with E-state index in [2.05, 4.69) is 35.5 Å². The van der Waals surface area contributed by atoms with Crippen molar-refractivity contribution in [3.05, 3.63) is 108 Å². The van der Waals surface area contributed by atoms with E-state index < -0.39 is 32.0 Å². The Morgan fingerprint density at radius 2 is 0.676 bits per heavy atom. The summed E-state index contributed by atoms with van der Waals surface area (Å²) in [4.78, 5) is 0. The van der Waals surface area contributed by atoms with Gasteiger partial charge in [-0.3, -0.25) is 0 Å². The Balaban J connectivity index is 1.83. The third-order valence-corrected chi connectivity index (χ3v) is 7.36. The normalized spacial score (nSPS) is 11.2. The Kier molecular flexibility index (Phi) is 9.81. The van der Waals surface area contributed by atoms with Crippen molar-refractivity contribution in [2.24, 2.45) is 0 Å². The third-order valence-electron chi connectivity index (χ3n) is 5.02. The van der Waals surface area contributed by atoms with Crippen LogP contribution in [-0.2, 0) is 11.4 Å². The largest absolute Gasteiger partial charge is 0.908 e. The van der Waals surface area contributed by atoms with Gasteiger partial charge in [0, 0.05) is 16.7 Å². The second kappa shape index (κ2) is 12.8. The van der Waals surface area contributed by atoms with E-state index in [0.717, 1.165) is 16.7 Å². The van der Waals surface area contributed by atoms with Crippen molar-refractivity contribution in [3.63, 3.8) is 0 Å². The van der Waals surface area contributed by atoms with Gasteiger partial charge in [-0.1, -0.05) is 90.1 Å². The fourth-order valence-electron chi connectivity index (χ4n) is 3.11. The first-order valence-corrected chi connectivity index (χ1v) is 13.7. The van der Waals surface area contributed by atoms with Gasteiger partial charge in [0.05, 0.1) is 16.8 Å². The van der Waals surface area contributed by atoms with Crippen molar-refractivity contribution in [2.45, 2.75) is 58.3 Å². The monoisotopic (exact) mass is 504 g/mol. The zero-order chi connectivity index (χ0) is 26.8. The summed E-state index contributed by atoms with van der Waals surface area (Å²) in [5, 5.41) is 0. The molecular formula is C33H33AlO3. The molecule has 0 unspecified atom stereocenters. The molecule has 0 aliphatic heterocycles. The first-order chi connectivity index (χ1) is 17.5. The topological polar surface area (TPSA) is 27.7 Å². The number of hydrogen-bond donors (Lipinski definition) is 0. The molecule has 37 heavy (non-hydrogen) atoms. The summed E-state index contributed by atoms with van der Waals surface area (Å²) in [6, 6.07) is 29.5. The molecule has 4 heteroatoms. The van der Waals surface area contributed by atoms with Crippen molar-refractivity contribution in [2.75, 3.05) is 0 Å². The molecule has 0 aliphatic rings. The summed E-state index contributed by atoms with van der Waals surface area (Å²) in [5.41, 5.74) is 0.336. The molecular weight excluding hydrogens is 471 g/mol. The van der Waals surface area contributed by atoms with Gasteiger partial charge in [-0.05, 0) is 77.9 Å².